The van der Waals surface area contributed by atoms with Crippen molar-refractivity contribution in [3.8, 4) is 5.75 Å². The largest absolute Gasteiger partial charge is 0.505 e. The zero-order chi connectivity index (χ0) is 13.1. The second-order valence-electron chi connectivity index (χ2n) is 3.79. The maximum atomic E-state index is 13.1. The number of pyridine rings is 1. The van der Waals surface area contributed by atoms with Gasteiger partial charge in [-0.15, -0.1) is 0 Å². The van der Waals surface area contributed by atoms with Gasteiger partial charge in [-0.05, 0) is 30.7 Å². The van der Waals surface area contributed by atoms with Gasteiger partial charge in [-0.1, -0.05) is 6.07 Å². The molecular formula is C13H11FN2O2. The zero-order valence-electron chi connectivity index (χ0n) is 9.64. The predicted octanol–water partition coefficient (Wildman–Crippen LogP) is 2.49. The van der Waals surface area contributed by atoms with Gasteiger partial charge in [0.15, 0.2) is 11.6 Å². The molecule has 0 aliphatic heterocycles. The molecule has 18 heavy (non-hydrogen) atoms. The van der Waals surface area contributed by atoms with E-state index in [4.69, 9.17) is 5.11 Å². The smallest absolute Gasteiger partial charge is 0.274 e. The van der Waals surface area contributed by atoms with E-state index >= 15 is 0 Å². The highest BCUT2D eigenvalue weighted by atomic mass is 19.1. The molecule has 0 saturated heterocycles. The van der Waals surface area contributed by atoms with Crippen molar-refractivity contribution in [2.24, 2.45) is 0 Å². The number of aryl methyl sites for hydroxylation is 1. The first-order valence-corrected chi connectivity index (χ1v) is 5.29. The summed E-state index contributed by atoms with van der Waals surface area (Å²) in [6.45, 7) is 1.76. The molecule has 0 fully saturated rings. The van der Waals surface area contributed by atoms with Crippen LogP contribution in [0, 0.1) is 12.7 Å². The Morgan fingerprint density at radius 3 is 2.83 bits per heavy atom. The van der Waals surface area contributed by atoms with Crippen molar-refractivity contribution >= 4 is 11.6 Å². The minimum atomic E-state index is -0.787. The molecule has 0 radical (unpaired) electrons. The minimum absolute atomic E-state index is 0.264. The molecule has 2 N–H and O–H groups in total. The number of benzene rings is 1. The van der Waals surface area contributed by atoms with E-state index in [1.165, 1.54) is 18.3 Å². The van der Waals surface area contributed by atoms with Gasteiger partial charge in [0.05, 0.1) is 0 Å². The second kappa shape index (κ2) is 4.83. The molecule has 92 valence electrons. The summed E-state index contributed by atoms with van der Waals surface area (Å²) < 4.78 is 13.1. The first-order chi connectivity index (χ1) is 8.58. The molecule has 2 rings (SSSR count). The Labute approximate surface area is 103 Å². The number of nitrogens with one attached hydrogen (secondary N) is 1. The fraction of sp³-hybridized carbons (Fsp3) is 0.0769. The lowest BCUT2D eigenvalue weighted by molar-refractivity contribution is 0.102. The van der Waals surface area contributed by atoms with Crippen molar-refractivity contribution in [1.29, 1.82) is 0 Å². The summed E-state index contributed by atoms with van der Waals surface area (Å²) in [5, 5.41) is 11.6. The molecule has 1 aromatic carbocycles. The van der Waals surface area contributed by atoms with Crippen LogP contribution in [-0.4, -0.2) is 16.0 Å². The number of aromatic hydroxyl groups is 1. The van der Waals surface area contributed by atoms with E-state index in [1.807, 2.05) is 0 Å². The Hall–Kier alpha value is -2.43. The predicted molar refractivity (Wildman–Crippen MR) is 65.0 cm³/mol. The number of carbonyl (C=O) groups excluding carboxylic acids is 1. The van der Waals surface area contributed by atoms with Crippen LogP contribution in [0.5, 0.6) is 5.75 Å². The van der Waals surface area contributed by atoms with Crippen LogP contribution < -0.4 is 5.32 Å². The van der Waals surface area contributed by atoms with Gasteiger partial charge in [0.2, 0.25) is 0 Å². The van der Waals surface area contributed by atoms with E-state index in [9.17, 15) is 9.18 Å². The van der Waals surface area contributed by atoms with Crippen molar-refractivity contribution in [3.05, 3.63) is 53.6 Å². The Morgan fingerprint density at radius 1 is 1.39 bits per heavy atom. The minimum Gasteiger partial charge on any atom is -0.505 e. The summed E-state index contributed by atoms with van der Waals surface area (Å²) in [5.74, 6) is -1.66. The third-order valence-corrected chi connectivity index (χ3v) is 2.43. The summed E-state index contributed by atoms with van der Waals surface area (Å²) >= 11 is 0. The number of aromatic nitrogens is 1. The number of carbonyl (C=O) groups is 1. The molecule has 0 spiro atoms. The highest BCUT2D eigenvalue weighted by Crippen LogP contribution is 2.19. The van der Waals surface area contributed by atoms with E-state index in [-0.39, 0.29) is 11.4 Å². The van der Waals surface area contributed by atoms with Crippen LogP contribution in [0.3, 0.4) is 0 Å². The summed E-state index contributed by atoms with van der Waals surface area (Å²) in [6, 6.07) is 7.13. The van der Waals surface area contributed by atoms with Gasteiger partial charge >= 0.3 is 0 Å². The number of hydrogen-bond acceptors (Lipinski definition) is 3. The van der Waals surface area contributed by atoms with Crippen LogP contribution in [0.2, 0.25) is 0 Å². The van der Waals surface area contributed by atoms with E-state index < -0.39 is 17.5 Å². The maximum Gasteiger partial charge on any atom is 0.274 e. The lowest BCUT2D eigenvalue weighted by Gasteiger charge is -2.07. The molecule has 1 aromatic heterocycles. The van der Waals surface area contributed by atoms with Crippen LogP contribution >= 0.6 is 0 Å². The van der Waals surface area contributed by atoms with E-state index in [0.717, 1.165) is 11.6 Å². The fourth-order valence-corrected chi connectivity index (χ4v) is 1.50. The van der Waals surface area contributed by atoms with Crippen molar-refractivity contribution < 1.29 is 14.3 Å². The Morgan fingerprint density at radius 2 is 2.17 bits per heavy atom. The Balaban J connectivity index is 2.22. The van der Waals surface area contributed by atoms with Gasteiger partial charge in [-0.25, -0.2) is 4.39 Å². The van der Waals surface area contributed by atoms with E-state index in [0.29, 0.717) is 0 Å². The van der Waals surface area contributed by atoms with Gasteiger partial charge < -0.3 is 10.4 Å². The number of phenols is 1. The molecule has 1 heterocycles. The summed E-state index contributed by atoms with van der Waals surface area (Å²) in [6.07, 6.45) is 1.51. The maximum absolute atomic E-state index is 13.1. The van der Waals surface area contributed by atoms with Gasteiger partial charge in [-0.2, -0.15) is 0 Å². The van der Waals surface area contributed by atoms with Gasteiger partial charge in [-0.3, -0.25) is 9.78 Å². The summed E-state index contributed by atoms with van der Waals surface area (Å²) in [5.41, 5.74) is 1.28. The van der Waals surface area contributed by atoms with Crippen molar-refractivity contribution in [2.45, 2.75) is 6.92 Å². The highest BCUT2D eigenvalue weighted by molar-refractivity contribution is 6.03. The second-order valence-corrected chi connectivity index (χ2v) is 3.79. The monoisotopic (exact) mass is 246 g/mol. The number of phenolic OH excluding ortho intramolecular Hbond substituents is 1. The first-order valence-electron chi connectivity index (χ1n) is 5.29. The molecule has 0 unspecified atom stereocenters. The molecule has 0 bridgehead atoms. The van der Waals surface area contributed by atoms with Crippen molar-refractivity contribution in [2.75, 3.05) is 5.32 Å². The standard InChI is InChI=1S/C13H11FN2O2/c1-8-3-2-6-15-12(8)13(18)16-9-4-5-11(17)10(14)7-9/h2-7,17H,1H3,(H,16,18). The lowest BCUT2D eigenvalue weighted by atomic mass is 10.2. The van der Waals surface area contributed by atoms with Crippen molar-refractivity contribution in [3.63, 3.8) is 0 Å². The number of hydrogen-bond donors (Lipinski definition) is 2. The molecule has 4 nitrogen and oxygen atoms in total. The fourth-order valence-electron chi connectivity index (χ4n) is 1.50. The molecule has 1 amide bonds. The molecule has 0 aliphatic carbocycles. The normalized spacial score (nSPS) is 10.1. The van der Waals surface area contributed by atoms with Crippen LogP contribution in [-0.2, 0) is 0 Å². The SMILES string of the molecule is Cc1cccnc1C(=O)Nc1ccc(O)c(F)c1. The van der Waals surface area contributed by atoms with Gasteiger partial charge in [0.25, 0.3) is 5.91 Å². The molecule has 0 atom stereocenters. The zero-order valence-corrected chi connectivity index (χ0v) is 9.64. The lowest BCUT2D eigenvalue weighted by Crippen LogP contribution is -2.15. The average Bonchev–Trinajstić information content (AvgIpc) is 2.34. The average molecular weight is 246 g/mol. The molecular weight excluding hydrogens is 235 g/mol. The van der Waals surface area contributed by atoms with Crippen LogP contribution in [0.4, 0.5) is 10.1 Å². The van der Waals surface area contributed by atoms with Crippen molar-refractivity contribution in [1.82, 2.24) is 4.98 Å². The summed E-state index contributed by atoms with van der Waals surface area (Å²) in [7, 11) is 0. The molecule has 2 aromatic rings. The Kier molecular flexibility index (Phi) is 3.23. The molecule has 0 aliphatic rings. The van der Waals surface area contributed by atoms with E-state index in [2.05, 4.69) is 10.3 Å². The Bertz CT molecular complexity index is 599. The van der Waals surface area contributed by atoms with Gasteiger partial charge in [0.1, 0.15) is 5.69 Å². The third-order valence-electron chi connectivity index (χ3n) is 2.43. The quantitative estimate of drug-likeness (QED) is 0.800. The van der Waals surface area contributed by atoms with Gasteiger partial charge in [0, 0.05) is 18.0 Å². The number of halogens is 1. The number of nitrogens with zero attached hydrogens (tertiary/aromatic N) is 1. The first kappa shape index (κ1) is 12.0. The third kappa shape index (κ3) is 2.45. The van der Waals surface area contributed by atoms with E-state index in [1.54, 1.807) is 19.1 Å². The number of anilines is 1. The molecule has 5 heteroatoms. The number of rotatable bonds is 2. The summed E-state index contributed by atoms with van der Waals surface area (Å²) in [4.78, 5) is 15.8. The van der Waals surface area contributed by atoms with Crippen LogP contribution in [0.1, 0.15) is 16.1 Å². The number of amides is 1. The highest BCUT2D eigenvalue weighted by Gasteiger charge is 2.11. The topological polar surface area (TPSA) is 62.2 Å². The molecule has 0 saturated carbocycles. The van der Waals surface area contributed by atoms with Crippen LogP contribution in [0.15, 0.2) is 36.5 Å². The van der Waals surface area contributed by atoms with Crippen LogP contribution in [0.25, 0.3) is 0 Å².